The molecule has 0 bridgehead atoms. The molecule has 0 radical (unpaired) electrons. The Labute approximate surface area is 195 Å². The van der Waals surface area contributed by atoms with Crippen molar-refractivity contribution in [3.05, 3.63) is 47.6 Å². The Kier molecular flexibility index (Phi) is 7.16. The number of aromatic nitrogens is 2. The molecule has 9 nitrogen and oxygen atoms in total. The number of hydrogen-bond donors (Lipinski definition) is 1. The van der Waals surface area contributed by atoms with Crippen LogP contribution in [-0.2, 0) is 21.2 Å². The molecule has 2 aromatic rings. The van der Waals surface area contributed by atoms with Gasteiger partial charge in [-0.15, -0.1) is 0 Å². The van der Waals surface area contributed by atoms with E-state index in [0.29, 0.717) is 37.9 Å². The van der Waals surface area contributed by atoms with Crippen molar-refractivity contribution in [3.63, 3.8) is 0 Å². The van der Waals surface area contributed by atoms with E-state index in [1.54, 1.807) is 11.2 Å². The van der Waals surface area contributed by atoms with E-state index in [4.69, 9.17) is 4.52 Å². The quantitative estimate of drug-likeness (QED) is 0.581. The Morgan fingerprint density at radius 2 is 1.97 bits per heavy atom. The molecule has 1 aromatic carbocycles. The summed E-state index contributed by atoms with van der Waals surface area (Å²) in [6.07, 6.45) is 5.38. The predicted octanol–water partition coefficient (Wildman–Crippen LogP) is 1.92. The van der Waals surface area contributed by atoms with Crippen LogP contribution >= 0.6 is 0 Å². The number of carbonyl (C=O) groups is 1. The molecular weight excluding hydrogens is 442 g/mol. The summed E-state index contributed by atoms with van der Waals surface area (Å²) in [4.78, 5) is 19.3. The van der Waals surface area contributed by atoms with Gasteiger partial charge in [-0.1, -0.05) is 35.5 Å². The Balaban J connectivity index is 1.36. The van der Waals surface area contributed by atoms with Gasteiger partial charge in [0.1, 0.15) is 0 Å². The van der Waals surface area contributed by atoms with Crippen molar-refractivity contribution in [2.24, 2.45) is 5.41 Å². The first-order valence-corrected chi connectivity index (χ1v) is 13.4. The lowest BCUT2D eigenvalue weighted by Gasteiger charge is -2.38. The Hall–Kier alpha value is -2.30. The molecule has 2 aliphatic heterocycles. The second-order valence-electron chi connectivity index (χ2n) is 9.41. The Morgan fingerprint density at radius 3 is 2.61 bits per heavy atom. The van der Waals surface area contributed by atoms with Crippen molar-refractivity contribution in [3.8, 4) is 0 Å². The van der Waals surface area contributed by atoms with Crippen molar-refractivity contribution < 1.29 is 17.7 Å². The molecule has 2 fully saturated rings. The third-order valence-electron chi connectivity index (χ3n) is 6.84. The molecule has 1 N–H and O–H groups in total. The van der Waals surface area contributed by atoms with Gasteiger partial charge in [0.15, 0.2) is 5.82 Å². The summed E-state index contributed by atoms with van der Waals surface area (Å²) in [7, 11) is -3.19. The van der Waals surface area contributed by atoms with Crippen LogP contribution < -0.4 is 5.32 Å². The lowest BCUT2D eigenvalue weighted by atomic mass is 9.77. The predicted molar refractivity (Wildman–Crippen MR) is 124 cm³/mol. The lowest BCUT2D eigenvalue weighted by Crippen LogP contribution is -2.44. The highest BCUT2D eigenvalue weighted by atomic mass is 32.2. The van der Waals surface area contributed by atoms with Crippen LogP contribution in [0.5, 0.6) is 0 Å². The number of rotatable bonds is 8. The van der Waals surface area contributed by atoms with Crippen molar-refractivity contribution >= 4 is 15.9 Å². The highest BCUT2D eigenvalue weighted by Crippen LogP contribution is 2.48. The molecule has 2 saturated heterocycles. The molecule has 10 heteroatoms. The number of hydrogen-bond acceptors (Lipinski definition) is 7. The maximum atomic E-state index is 12.7. The molecule has 1 unspecified atom stereocenters. The first-order chi connectivity index (χ1) is 15.7. The number of nitrogens with zero attached hydrogens (tertiary/aromatic N) is 4. The van der Waals surface area contributed by atoms with Gasteiger partial charge in [-0.2, -0.15) is 4.98 Å². The number of nitrogens with one attached hydrogen (secondary N) is 1. The molecule has 1 amide bonds. The minimum absolute atomic E-state index is 0.0186. The van der Waals surface area contributed by atoms with Crippen LogP contribution in [0.15, 0.2) is 34.9 Å². The zero-order valence-electron chi connectivity index (χ0n) is 19.4. The summed E-state index contributed by atoms with van der Waals surface area (Å²) < 4.78 is 30.9. The van der Waals surface area contributed by atoms with Gasteiger partial charge in [-0.05, 0) is 50.0 Å². The third kappa shape index (κ3) is 5.99. The van der Waals surface area contributed by atoms with Crippen LogP contribution in [0, 0.1) is 12.3 Å². The van der Waals surface area contributed by atoms with Crippen LogP contribution in [-0.4, -0.2) is 72.7 Å². The van der Waals surface area contributed by atoms with Gasteiger partial charge in [0.2, 0.25) is 21.8 Å². The van der Waals surface area contributed by atoms with Gasteiger partial charge in [0.05, 0.1) is 18.8 Å². The van der Waals surface area contributed by atoms with Crippen LogP contribution in [0.2, 0.25) is 0 Å². The Morgan fingerprint density at radius 1 is 1.24 bits per heavy atom. The second-order valence-corrected chi connectivity index (χ2v) is 11.4. The van der Waals surface area contributed by atoms with Crippen molar-refractivity contribution in [1.82, 2.24) is 24.7 Å². The van der Waals surface area contributed by atoms with Gasteiger partial charge in [0, 0.05) is 26.2 Å². The first kappa shape index (κ1) is 23.8. The lowest BCUT2D eigenvalue weighted by molar-refractivity contribution is -0.122. The van der Waals surface area contributed by atoms with Gasteiger partial charge >= 0.3 is 0 Å². The van der Waals surface area contributed by atoms with E-state index >= 15 is 0 Å². The minimum atomic E-state index is -3.19. The average molecular weight is 476 g/mol. The molecule has 2 aliphatic rings. The van der Waals surface area contributed by atoms with Crippen molar-refractivity contribution in [1.29, 1.82) is 0 Å². The number of piperidine rings is 1. The summed E-state index contributed by atoms with van der Waals surface area (Å²) in [6.45, 7) is 4.40. The molecule has 33 heavy (non-hydrogen) atoms. The van der Waals surface area contributed by atoms with Gasteiger partial charge in [-0.3, -0.25) is 9.69 Å². The molecule has 1 spiro atoms. The van der Waals surface area contributed by atoms with E-state index in [1.807, 2.05) is 18.2 Å². The van der Waals surface area contributed by atoms with Gasteiger partial charge in [0.25, 0.3) is 0 Å². The van der Waals surface area contributed by atoms with E-state index in [-0.39, 0.29) is 23.9 Å². The van der Waals surface area contributed by atoms with Crippen LogP contribution in [0.3, 0.4) is 0 Å². The van der Waals surface area contributed by atoms with Crippen LogP contribution in [0.25, 0.3) is 0 Å². The third-order valence-corrected chi connectivity index (χ3v) is 8.14. The normalized spacial score (nSPS) is 21.5. The zero-order chi connectivity index (χ0) is 23.5. The maximum absolute atomic E-state index is 12.7. The Bertz CT molecular complexity index is 1050. The summed E-state index contributed by atoms with van der Waals surface area (Å²) in [5.41, 5.74) is 1.21. The number of aryl methyl sites for hydroxylation is 2. The van der Waals surface area contributed by atoms with Crippen molar-refractivity contribution in [2.45, 2.75) is 45.1 Å². The zero-order valence-corrected chi connectivity index (χ0v) is 20.2. The van der Waals surface area contributed by atoms with Gasteiger partial charge in [-0.25, -0.2) is 12.7 Å². The number of likely N-dealkylation sites (tertiary alicyclic amines) is 1. The maximum Gasteiger partial charge on any atom is 0.244 e. The highest BCUT2D eigenvalue weighted by molar-refractivity contribution is 7.88. The molecule has 180 valence electrons. The summed E-state index contributed by atoms with van der Waals surface area (Å²) in [5.74, 6) is 1.09. The smallest absolute Gasteiger partial charge is 0.244 e. The molecule has 0 saturated carbocycles. The van der Waals surface area contributed by atoms with E-state index < -0.39 is 10.0 Å². The molecule has 3 heterocycles. The van der Waals surface area contributed by atoms with E-state index in [2.05, 4.69) is 32.5 Å². The largest absolute Gasteiger partial charge is 0.355 e. The molecule has 1 atom stereocenters. The van der Waals surface area contributed by atoms with E-state index in [1.165, 1.54) is 11.8 Å². The fourth-order valence-electron chi connectivity index (χ4n) is 5.06. The van der Waals surface area contributed by atoms with Crippen molar-refractivity contribution in [2.75, 3.05) is 39.0 Å². The molecule has 4 rings (SSSR count). The van der Waals surface area contributed by atoms with Crippen LogP contribution in [0.1, 0.15) is 49.0 Å². The number of amides is 1. The summed E-state index contributed by atoms with van der Waals surface area (Å²) in [6, 6.07) is 10.1. The summed E-state index contributed by atoms with van der Waals surface area (Å²) >= 11 is 0. The number of carbonyl (C=O) groups excluding carboxylic acids is 1. The van der Waals surface area contributed by atoms with Crippen LogP contribution in [0.4, 0.5) is 0 Å². The standard InChI is InChI=1S/C23H33N5O4S/c1-18-25-22(32-26-18)20-15-23(10-13-28(14-11-23)33(2,30)31)17-27(20)16-21(29)24-12-6-9-19-7-4-3-5-8-19/h3-5,7-8,20H,6,9-17H2,1-2H3,(H,24,29). The van der Waals surface area contributed by atoms with Gasteiger partial charge < -0.3 is 9.84 Å². The topological polar surface area (TPSA) is 109 Å². The highest BCUT2D eigenvalue weighted by Gasteiger charge is 2.48. The second kappa shape index (κ2) is 9.90. The molecular formula is C23H33N5O4S. The fourth-order valence-corrected chi connectivity index (χ4v) is 5.91. The van der Waals surface area contributed by atoms with E-state index in [0.717, 1.165) is 32.1 Å². The van der Waals surface area contributed by atoms with E-state index in [9.17, 15) is 13.2 Å². The monoisotopic (exact) mass is 475 g/mol. The number of sulfonamides is 1. The SMILES string of the molecule is Cc1noc(C2CC3(CCN(S(C)(=O)=O)CC3)CN2CC(=O)NCCCc2ccccc2)n1. The fraction of sp³-hybridized carbons (Fsp3) is 0.609. The minimum Gasteiger partial charge on any atom is -0.355 e. The average Bonchev–Trinajstić information content (AvgIpc) is 3.35. The first-order valence-electron chi connectivity index (χ1n) is 11.5. The number of benzene rings is 1. The molecule has 0 aliphatic carbocycles. The molecule has 1 aromatic heterocycles. The summed E-state index contributed by atoms with van der Waals surface area (Å²) in [5, 5.41) is 6.98.